The van der Waals surface area contributed by atoms with Crippen LogP contribution in [0.15, 0.2) is 16.9 Å². The third-order valence-corrected chi connectivity index (χ3v) is 4.13. The van der Waals surface area contributed by atoms with Crippen LogP contribution >= 0.6 is 11.3 Å². The van der Waals surface area contributed by atoms with Crippen LogP contribution in [0.4, 0.5) is 5.13 Å². The first-order valence-corrected chi connectivity index (χ1v) is 7.47. The highest BCUT2D eigenvalue weighted by molar-refractivity contribution is 7.15. The van der Waals surface area contributed by atoms with Crippen LogP contribution in [0, 0.1) is 18.3 Å². The fourth-order valence-corrected chi connectivity index (χ4v) is 2.54. The van der Waals surface area contributed by atoms with E-state index in [0.29, 0.717) is 10.8 Å². The molecule has 0 atom stereocenters. The molecule has 8 heteroatoms. The molecule has 0 aliphatic heterocycles. The Labute approximate surface area is 131 Å². The number of rotatable bonds is 4. The van der Waals surface area contributed by atoms with Gasteiger partial charge in [-0.25, -0.2) is 0 Å². The van der Waals surface area contributed by atoms with E-state index in [1.807, 2.05) is 19.9 Å². The Bertz CT molecular complexity index is 800. The molecular formula is C14H15N5O2S. The summed E-state index contributed by atoms with van der Waals surface area (Å²) in [5.41, 5.74) is 0.147. The van der Waals surface area contributed by atoms with Gasteiger partial charge in [-0.2, -0.15) is 5.26 Å². The number of nitrogens with zero attached hydrogens (tertiary/aromatic N) is 4. The quantitative estimate of drug-likeness (QED) is 0.924. The van der Waals surface area contributed by atoms with Crippen LogP contribution < -0.4 is 10.9 Å². The number of anilines is 1. The maximum atomic E-state index is 12.1. The molecule has 22 heavy (non-hydrogen) atoms. The van der Waals surface area contributed by atoms with E-state index in [9.17, 15) is 9.59 Å². The molecule has 2 aromatic rings. The summed E-state index contributed by atoms with van der Waals surface area (Å²) in [6.07, 6.45) is 0. The van der Waals surface area contributed by atoms with Gasteiger partial charge in [-0.15, -0.1) is 10.2 Å². The molecule has 7 nitrogen and oxygen atoms in total. The predicted molar refractivity (Wildman–Crippen MR) is 82.8 cm³/mol. The second-order valence-corrected chi connectivity index (χ2v) is 6.05. The van der Waals surface area contributed by atoms with Gasteiger partial charge in [0.2, 0.25) is 11.0 Å². The molecule has 2 heterocycles. The first-order valence-electron chi connectivity index (χ1n) is 6.66. The predicted octanol–water partition coefficient (Wildman–Crippen LogP) is 1.64. The Balaban J connectivity index is 2.16. The summed E-state index contributed by atoms with van der Waals surface area (Å²) in [7, 11) is 0. The highest BCUT2D eigenvalue weighted by Crippen LogP contribution is 2.22. The molecule has 2 aromatic heterocycles. The molecule has 0 saturated carbocycles. The molecule has 0 fully saturated rings. The summed E-state index contributed by atoms with van der Waals surface area (Å²) in [6, 6.07) is 4.90. The van der Waals surface area contributed by atoms with Crippen molar-refractivity contribution < 1.29 is 4.79 Å². The van der Waals surface area contributed by atoms with Gasteiger partial charge in [0.15, 0.2) is 0 Å². The standard InChI is InChI=1S/C14H15N5O2S/c1-8(2)12-17-18-14(22-12)16-11(20)7-19-9(3)4-5-10(6-15)13(19)21/h4-5,8H,7H2,1-3H3,(H,16,18,20). The summed E-state index contributed by atoms with van der Waals surface area (Å²) >= 11 is 1.30. The van der Waals surface area contributed by atoms with Crippen molar-refractivity contribution in [3.8, 4) is 6.07 Å². The van der Waals surface area contributed by atoms with E-state index in [-0.39, 0.29) is 23.9 Å². The monoisotopic (exact) mass is 317 g/mol. The number of nitriles is 1. The van der Waals surface area contributed by atoms with Crippen LogP contribution in [-0.2, 0) is 11.3 Å². The first kappa shape index (κ1) is 15.9. The summed E-state index contributed by atoms with van der Waals surface area (Å²) in [5.74, 6) is -0.146. The van der Waals surface area contributed by atoms with Crippen LogP contribution in [0.5, 0.6) is 0 Å². The Morgan fingerprint density at radius 2 is 2.18 bits per heavy atom. The van der Waals surface area contributed by atoms with Gasteiger partial charge in [-0.05, 0) is 19.1 Å². The fourth-order valence-electron chi connectivity index (χ4n) is 1.77. The van der Waals surface area contributed by atoms with Gasteiger partial charge in [0.1, 0.15) is 23.2 Å². The number of aryl methyl sites for hydroxylation is 1. The van der Waals surface area contributed by atoms with Gasteiger partial charge in [0.25, 0.3) is 5.56 Å². The van der Waals surface area contributed by atoms with Gasteiger partial charge >= 0.3 is 0 Å². The van der Waals surface area contributed by atoms with Crippen molar-refractivity contribution in [2.24, 2.45) is 0 Å². The molecule has 2 rings (SSSR count). The van der Waals surface area contributed by atoms with Crippen molar-refractivity contribution in [1.82, 2.24) is 14.8 Å². The molecule has 0 bridgehead atoms. The van der Waals surface area contributed by atoms with Crippen molar-refractivity contribution in [2.75, 3.05) is 5.32 Å². The largest absolute Gasteiger partial charge is 0.302 e. The fraction of sp³-hybridized carbons (Fsp3) is 0.357. The minimum absolute atomic E-state index is 0.0106. The number of nitrogens with one attached hydrogen (secondary N) is 1. The van der Waals surface area contributed by atoms with Crippen molar-refractivity contribution in [3.63, 3.8) is 0 Å². The highest BCUT2D eigenvalue weighted by Gasteiger charge is 2.13. The zero-order chi connectivity index (χ0) is 16.3. The van der Waals surface area contributed by atoms with Crippen molar-refractivity contribution in [2.45, 2.75) is 33.2 Å². The summed E-state index contributed by atoms with van der Waals surface area (Å²) in [4.78, 5) is 24.1. The smallest absolute Gasteiger partial charge is 0.269 e. The van der Waals surface area contributed by atoms with Crippen molar-refractivity contribution in [3.05, 3.63) is 38.8 Å². The van der Waals surface area contributed by atoms with Crippen LogP contribution in [0.1, 0.15) is 36.0 Å². The van der Waals surface area contributed by atoms with E-state index in [4.69, 9.17) is 5.26 Å². The normalized spacial score (nSPS) is 10.5. The molecule has 0 unspecified atom stereocenters. The molecule has 0 saturated heterocycles. The number of pyridine rings is 1. The lowest BCUT2D eigenvalue weighted by molar-refractivity contribution is -0.116. The maximum Gasteiger partial charge on any atom is 0.269 e. The molecule has 0 spiro atoms. The maximum absolute atomic E-state index is 12.1. The molecule has 0 aliphatic rings. The summed E-state index contributed by atoms with van der Waals surface area (Å²) in [6.45, 7) is 5.51. The number of amides is 1. The molecule has 114 valence electrons. The van der Waals surface area contributed by atoms with Crippen LogP contribution in [0.2, 0.25) is 0 Å². The second-order valence-electron chi connectivity index (χ2n) is 5.04. The lowest BCUT2D eigenvalue weighted by Gasteiger charge is -2.09. The lowest BCUT2D eigenvalue weighted by Crippen LogP contribution is -2.30. The zero-order valence-corrected chi connectivity index (χ0v) is 13.3. The van der Waals surface area contributed by atoms with Gasteiger partial charge in [-0.1, -0.05) is 25.2 Å². The lowest BCUT2D eigenvalue weighted by atomic mass is 10.2. The minimum Gasteiger partial charge on any atom is -0.302 e. The Kier molecular flexibility index (Phi) is 4.68. The average molecular weight is 317 g/mol. The van der Waals surface area contributed by atoms with E-state index in [1.165, 1.54) is 22.0 Å². The molecule has 1 N–H and O–H groups in total. The average Bonchev–Trinajstić information content (AvgIpc) is 2.92. The van der Waals surface area contributed by atoms with Crippen molar-refractivity contribution in [1.29, 1.82) is 5.26 Å². The Morgan fingerprint density at radius 3 is 2.77 bits per heavy atom. The number of aromatic nitrogens is 3. The molecule has 0 aliphatic carbocycles. The van der Waals surface area contributed by atoms with Gasteiger partial charge in [-0.3, -0.25) is 14.9 Å². The zero-order valence-electron chi connectivity index (χ0n) is 12.5. The molecule has 0 radical (unpaired) electrons. The van der Waals surface area contributed by atoms with Crippen LogP contribution in [0.25, 0.3) is 0 Å². The number of hydrogen-bond donors (Lipinski definition) is 1. The topological polar surface area (TPSA) is 101 Å². The first-order chi connectivity index (χ1) is 10.4. The summed E-state index contributed by atoms with van der Waals surface area (Å²) in [5, 5.41) is 20.6. The van der Waals surface area contributed by atoms with E-state index in [0.717, 1.165) is 5.01 Å². The van der Waals surface area contributed by atoms with E-state index in [1.54, 1.807) is 13.0 Å². The van der Waals surface area contributed by atoms with Gasteiger partial charge < -0.3 is 4.57 Å². The third kappa shape index (κ3) is 3.38. The van der Waals surface area contributed by atoms with E-state index in [2.05, 4.69) is 15.5 Å². The van der Waals surface area contributed by atoms with Crippen LogP contribution in [-0.4, -0.2) is 20.7 Å². The second kappa shape index (κ2) is 6.49. The molecule has 1 amide bonds. The van der Waals surface area contributed by atoms with E-state index < -0.39 is 5.56 Å². The Hall–Kier alpha value is -2.53. The molecular weight excluding hydrogens is 302 g/mol. The van der Waals surface area contributed by atoms with Gasteiger partial charge in [0.05, 0.1) is 0 Å². The van der Waals surface area contributed by atoms with E-state index >= 15 is 0 Å². The Morgan fingerprint density at radius 1 is 1.45 bits per heavy atom. The SMILES string of the molecule is Cc1ccc(C#N)c(=O)n1CC(=O)Nc1nnc(C(C)C)s1. The minimum atomic E-state index is -0.474. The van der Waals surface area contributed by atoms with Crippen LogP contribution in [0.3, 0.4) is 0 Å². The number of carbonyl (C=O) groups is 1. The molecule has 0 aromatic carbocycles. The van der Waals surface area contributed by atoms with Crippen molar-refractivity contribution >= 4 is 22.4 Å². The highest BCUT2D eigenvalue weighted by atomic mass is 32.1. The van der Waals surface area contributed by atoms with Gasteiger partial charge in [0, 0.05) is 11.6 Å². The third-order valence-electron chi connectivity index (χ3n) is 3.00. The summed E-state index contributed by atoms with van der Waals surface area (Å²) < 4.78 is 1.26. The number of carbonyl (C=O) groups excluding carboxylic acids is 1. The number of hydrogen-bond acceptors (Lipinski definition) is 6.